The van der Waals surface area contributed by atoms with Crippen LogP contribution in [0.2, 0.25) is 0 Å². The standard InChI is InChI=1S/C18H32O2.C5H14NO/c1-2-3-4-5-6-7-8-9-10-11-12-13-14-15-16-17-18(19)20;1-6(2,3)4-5-7/h6-7,9-10H,2-5,8,11-17H2,1H3,(H,19,20);7H,4-5H2,1-3H3/q;+1/p-1/b7-6-,10-9-;. The fourth-order valence-corrected chi connectivity index (χ4v) is 2.38. The van der Waals surface area contributed by atoms with E-state index in [0.717, 1.165) is 43.1 Å². The summed E-state index contributed by atoms with van der Waals surface area (Å²) in [6.45, 7) is 3.35. The number of carbonyl (C=O) groups excluding carboxylic acids is 1. The molecule has 160 valence electrons. The molecule has 0 aromatic heterocycles. The zero-order chi connectivity index (χ0) is 20.8. The third-order valence-electron chi connectivity index (χ3n) is 4.10. The molecule has 27 heavy (non-hydrogen) atoms. The first kappa shape index (κ1) is 28.1. The molecule has 0 bridgehead atoms. The summed E-state index contributed by atoms with van der Waals surface area (Å²) in [5, 5.41) is 18.6. The highest BCUT2D eigenvalue weighted by Gasteiger charge is 2.02. The molecule has 4 nitrogen and oxygen atoms in total. The van der Waals surface area contributed by atoms with Gasteiger partial charge in [-0.3, -0.25) is 0 Å². The van der Waals surface area contributed by atoms with E-state index in [4.69, 9.17) is 5.11 Å². The maximum Gasteiger partial charge on any atom is 0.101 e. The average molecular weight is 384 g/mol. The lowest BCUT2D eigenvalue weighted by Gasteiger charge is -2.21. The van der Waals surface area contributed by atoms with Crippen LogP contribution in [0, 0.1) is 0 Å². The highest BCUT2D eigenvalue weighted by Crippen LogP contribution is 2.07. The first-order valence-electron chi connectivity index (χ1n) is 10.7. The molecule has 0 saturated carbocycles. The van der Waals surface area contributed by atoms with Crippen molar-refractivity contribution in [3.05, 3.63) is 24.3 Å². The van der Waals surface area contributed by atoms with Crippen molar-refractivity contribution in [3.8, 4) is 0 Å². The first-order valence-corrected chi connectivity index (χ1v) is 10.7. The second-order valence-corrected chi connectivity index (χ2v) is 8.09. The van der Waals surface area contributed by atoms with Crippen molar-refractivity contribution in [2.24, 2.45) is 0 Å². The maximum absolute atomic E-state index is 10.2. The van der Waals surface area contributed by atoms with Crippen LogP contribution in [0.3, 0.4) is 0 Å². The van der Waals surface area contributed by atoms with Crippen molar-refractivity contribution in [1.82, 2.24) is 0 Å². The molecule has 4 heteroatoms. The molecule has 0 aliphatic heterocycles. The number of likely N-dealkylation sites (N-methyl/N-ethyl adjacent to an activating group) is 1. The van der Waals surface area contributed by atoms with Crippen LogP contribution in [0.1, 0.15) is 84.0 Å². The van der Waals surface area contributed by atoms with E-state index in [2.05, 4.69) is 52.4 Å². The Morgan fingerprint density at radius 3 is 1.81 bits per heavy atom. The Labute approximate surface area is 168 Å². The number of carboxylic acid groups (broad SMARTS) is 1. The Bertz CT molecular complexity index is 370. The summed E-state index contributed by atoms with van der Waals surface area (Å²) in [5.74, 6) is -0.921. The minimum Gasteiger partial charge on any atom is -0.550 e. The number of carboxylic acids is 1. The number of nitrogens with zero attached hydrogens (tertiary/aromatic N) is 1. The summed E-state index contributed by atoms with van der Waals surface area (Å²) in [7, 11) is 6.16. The van der Waals surface area contributed by atoms with Crippen molar-refractivity contribution in [1.29, 1.82) is 0 Å². The number of aliphatic hydroxyl groups excluding tert-OH is 1. The van der Waals surface area contributed by atoms with Gasteiger partial charge in [0, 0.05) is 5.97 Å². The molecule has 0 spiro atoms. The fraction of sp³-hybridized carbons (Fsp3) is 0.783. The minimum atomic E-state index is -0.921. The van der Waals surface area contributed by atoms with E-state index in [1.165, 1.54) is 38.5 Å². The molecule has 0 aliphatic rings. The van der Waals surface area contributed by atoms with E-state index in [-0.39, 0.29) is 13.0 Å². The van der Waals surface area contributed by atoms with Crippen LogP contribution in [0.15, 0.2) is 24.3 Å². The molecule has 0 unspecified atom stereocenters. The Morgan fingerprint density at radius 1 is 0.852 bits per heavy atom. The van der Waals surface area contributed by atoms with Gasteiger partial charge in [0.2, 0.25) is 0 Å². The Hall–Kier alpha value is -1.13. The number of carbonyl (C=O) groups is 1. The molecule has 1 N–H and O–H groups in total. The predicted molar refractivity (Wildman–Crippen MR) is 114 cm³/mol. The predicted octanol–water partition coefficient (Wildman–Crippen LogP) is 4.23. The number of allylic oxidation sites excluding steroid dienone is 4. The van der Waals surface area contributed by atoms with E-state index in [9.17, 15) is 9.90 Å². The number of quaternary nitrogens is 1. The molecule has 0 radical (unpaired) electrons. The van der Waals surface area contributed by atoms with Crippen LogP contribution in [0.5, 0.6) is 0 Å². The SMILES string of the molecule is CCCCC/C=C\C/C=C\CCCCCCCC(=O)[O-].C[N+](C)(C)CCO. The smallest absolute Gasteiger partial charge is 0.101 e. The van der Waals surface area contributed by atoms with Gasteiger partial charge in [0.05, 0.1) is 27.7 Å². The monoisotopic (exact) mass is 383 g/mol. The zero-order valence-corrected chi connectivity index (χ0v) is 18.4. The van der Waals surface area contributed by atoms with Crippen LogP contribution >= 0.6 is 0 Å². The number of hydrogen-bond donors (Lipinski definition) is 1. The summed E-state index contributed by atoms with van der Waals surface area (Å²) in [5.41, 5.74) is 0. The average Bonchev–Trinajstić information content (AvgIpc) is 2.57. The van der Waals surface area contributed by atoms with Crippen LogP contribution in [0.4, 0.5) is 0 Å². The number of aliphatic carboxylic acids is 1. The summed E-state index contributed by atoms with van der Waals surface area (Å²) in [6.07, 6.45) is 21.9. The number of unbranched alkanes of at least 4 members (excludes halogenated alkanes) is 8. The Balaban J connectivity index is 0. The van der Waals surface area contributed by atoms with E-state index in [1.807, 2.05) is 0 Å². The molecule has 0 saturated heterocycles. The lowest BCUT2D eigenvalue weighted by molar-refractivity contribution is -0.870. The lowest BCUT2D eigenvalue weighted by atomic mass is 10.1. The molecule has 0 heterocycles. The maximum atomic E-state index is 10.2. The largest absolute Gasteiger partial charge is 0.550 e. The van der Waals surface area contributed by atoms with Crippen LogP contribution < -0.4 is 5.11 Å². The molecule has 0 rings (SSSR count). The summed E-state index contributed by atoms with van der Waals surface area (Å²) in [6, 6.07) is 0. The van der Waals surface area contributed by atoms with Gasteiger partial charge in [0.1, 0.15) is 6.54 Å². The van der Waals surface area contributed by atoms with E-state index in [0.29, 0.717) is 0 Å². The zero-order valence-electron chi connectivity index (χ0n) is 18.4. The fourth-order valence-electron chi connectivity index (χ4n) is 2.38. The minimum absolute atomic E-state index is 0.213. The van der Waals surface area contributed by atoms with Crippen molar-refractivity contribution in [3.63, 3.8) is 0 Å². The lowest BCUT2D eigenvalue weighted by Crippen LogP contribution is -2.36. The highest BCUT2D eigenvalue weighted by atomic mass is 16.4. The molecule has 0 fully saturated rings. The van der Waals surface area contributed by atoms with Crippen LogP contribution in [-0.4, -0.2) is 49.9 Å². The Kier molecular flexibility index (Phi) is 22.0. The third kappa shape index (κ3) is 32.9. The van der Waals surface area contributed by atoms with Crippen molar-refractivity contribution >= 4 is 5.97 Å². The highest BCUT2D eigenvalue weighted by molar-refractivity contribution is 5.63. The molecule has 0 amide bonds. The van der Waals surface area contributed by atoms with E-state index < -0.39 is 5.97 Å². The van der Waals surface area contributed by atoms with Gasteiger partial charge in [-0.15, -0.1) is 0 Å². The second-order valence-electron chi connectivity index (χ2n) is 8.09. The van der Waals surface area contributed by atoms with Gasteiger partial charge in [-0.2, -0.15) is 0 Å². The van der Waals surface area contributed by atoms with Gasteiger partial charge >= 0.3 is 0 Å². The van der Waals surface area contributed by atoms with Crippen LogP contribution in [-0.2, 0) is 4.79 Å². The van der Waals surface area contributed by atoms with Crippen molar-refractivity contribution < 1.29 is 19.5 Å². The Morgan fingerprint density at radius 2 is 1.37 bits per heavy atom. The third-order valence-corrected chi connectivity index (χ3v) is 4.10. The van der Waals surface area contributed by atoms with Crippen LogP contribution in [0.25, 0.3) is 0 Å². The molecule has 0 aliphatic carbocycles. The molecule has 0 aromatic rings. The van der Waals surface area contributed by atoms with Gasteiger partial charge in [-0.25, -0.2) is 0 Å². The first-order chi connectivity index (χ1) is 12.8. The normalized spacial score (nSPS) is 11.7. The molecular formula is C23H45NO3. The van der Waals surface area contributed by atoms with E-state index >= 15 is 0 Å². The van der Waals surface area contributed by atoms with Gasteiger partial charge < -0.3 is 19.5 Å². The number of aliphatic hydroxyl groups is 1. The number of rotatable bonds is 16. The van der Waals surface area contributed by atoms with Gasteiger partial charge in [0.25, 0.3) is 0 Å². The second kappa shape index (κ2) is 21.2. The van der Waals surface area contributed by atoms with Gasteiger partial charge in [-0.1, -0.05) is 63.3 Å². The van der Waals surface area contributed by atoms with Crippen molar-refractivity contribution in [2.75, 3.05) is 34.3 Å². The van der Waals surface area contributed by atoms with E-state index in [1.54, 1.807) is 0 Å². The summed E-state index contributed by atoms with van der Waals surface area (Å²) in [4.78, 5) is 10.2. The summed E-state index contributed by atoms with van der Waals surface area (Å²) < 4.78 is 0.844. The van der Waals surface area contributed by atoms with Crippen molar-refractivity contribution in [2.45, 2.75) is 84.0 Å². The molecule has 0 atom stereocenters. The topological polar surface area (TPSA) is 60.4 Å². The number of hydrogen-bond acceptors (Lipinski definition) is 3. The van der Waals surface area contributed by atoms with Gasteiger partial charge in [-0.05, 0) is 44.9 Å². The molecule has 0 aromatic carbocycles. The quantitative estimate of drug-likeness (QED) is 0.246. The summed E-state index contributed by atoms with van der Waals surface area (Å²) >= 11 is 0. The molecular weight excluding hydrogens is 338 g/mol. The van der Waals surface area contributed by atoms with Gasteiger partial charge in [0.15, 0.2) is 0 Å².